The van der Waals surface area contributed by atoms with Crippen molar-refractivity contribution in [3.8, 4) is 0 Å². The van der Waals surface area contributed by atoms with Crippen LogP contribution in [0, 0.1) is 0 Å². The maximum absolute atomic E-state index is 11.7. The molecule has 1 aromatic heterocycles. The van der Waals surface area contributed by atoms with Gasteiger partial charge in [-0.3, -0.25) is 14.3 Å². The van der Waals surface area contributed by atoms with Crippen molar-refractivity contribution in [1.82, 2.24) is 15.5 Å². The predicted molar refractivity (Wildman–Crippen MR) is 83.2 cm³/mol. The number of carbonyl (C=O) groups excluding carboxylic acids is 1. The van der Waals surface area contributed by atoms with Gasteiger partial charge in [-0.2, -0.15) is 0 Å². The number of aryl methyl sites for hydroxylation is 1. The zero-order chi connectivity index (χ0) is 15.9. The number of hydrogen-bond donors (Lipinski definition) is 2. The molecule has 1 aromatic carbocycles. The Morgan fingerprint density at radius 3 is 2.77 bits per heavy atom. The Morgan fingerprint density at radius 1 is 1.27 bits per heavy atom. The van der Waals surface area contributed by atoms with E-state index in [4.69, 9.17) is 23.2 Å². The number of aromatic amines is 1. The molecule has 2 rings (SSSR count). The Bertz CT molecular complexity index is 697. The Hall–Kier alpha value is -1.79. The number of aromatic nitrogens is 2. The summed E-state index contributed by atoms with van der Waals surface area (Å²) in [6.07, 6.45) is 2.30. The second-order valence-corrected chi connectivity index (χ2v) is 5.56. The van der Waals surface area contributed by atoms with Crippen LogP contribution < -0.4 is 11.1 Å². The number of nitrogens with zero attached hydrogens (tertiary/aromatic N) is 1. The summed E-state index contributed by atoms with van der Waals surface area (Å²) in [6.45, 7) is 0.397. The molecule has 118 valence electrons. The number of halogens is 2. The minimum atomic E-state index is -0.594. The van der Waals surface area contributed by atoms with Crippen LogP contribution in [0.1, 0.15) is 24.2 Å². The number of H-pyrrole nitrogens is 1. The average molecular weight is 344 g/mol. The zero-order valence-corrected chi connectivity index (χ0v) is 13.2. The maximum Gasteiger partial charge on any atom is 0.438 e. The van der Waals surface area contributed by atoms with Crippen molar-refractivity contribution in [1.29, 1.82) is 0 Å². The lowest BCUT2D eigenvalue weighted by Gasteiger charge is -2.05. The molecular weight excluding hydrogens is 329 g/mol. The second-order valence-electron chi connectivity index (χ2n) is 4.74. The van der Waals surface area contributed by atoms with Gasteiger partial charge in [0, 0.05) is 19.4 Å². The van der Waals surface area contributed by atoms with Gasteiger partial charge in [-0.15, -0.1) is 0 Å². The van der Waals surface area contributed by atoms with Gasteiger partial charge >= 0.3 is 5.76 Å². The van der Waals surface area contributed by atoms with Gasteiger partial charge in [0.25, 0.3) is 0 Å². The summed E-state index contributed by atoms with van der Waals surface area (Å²) in [5, 5.41) is 7.31. The van der Waals surface area contributed by atoms with Crippen LogP contribution in [0.15, 0.2) is 27.5 Å². The van der Waals surface area contributed by atoms with E-state index in [0.29, 0.717) is 41.7 Å². The summed E-state index contributed by atoms with van der Waals surface area (Å²) in [4.78, 5) is 24.8. The molecule has 8 heteroatoms. The van der Waals surface area contributed by atoms with Gasteiger partial charge in [0.1, 0.15) is 0 Å². The lowest BCUT2D eigenvalue weighted by atomic mass is 10.1. The molecule has 0 spiro atoms. The quantitative estimate of drug-likeness (QED) is 0.807. The van der Waals surface area contributed by atoms with E-state index in [9.17, 15) is 9.59 Å². The maximum atomic E-state index is 11.7. The van der Waals surface area contributed by atoms with Gasteiger partial charge in [-0.05, 0) is 30.5 Å². The molecule has 2 N–H and O–H groups in total. The summed E-state index contributed by atoms with van der Waals surface area (Å²) in [5.41, 5.74) is 1.04. The van der Waals surface area contributed by atoms with E-state index in [1.54, 1.807) is 6.07 Å². The van der Waals surface area contributed by atoms with Crippen molar-refractivity contribution in [2.24, 2.45) is 0 Å². The number of benzene rings is 1. The predicted octanol–water partition coefficient (Wildman–Crippen LogP) is 2.35. The highest BCUT2D eigenvalue weighted by molar-refractivity contribution is 6.42. The van der Waals surface area contributed by atoms with Crippen LogP contribution in [0.2, 0.25) is 10.0 Å². The minimum absolute atomic E-state index is 0.0501. The molecular formula is C14H15Cl2N3O3. The number of rotatable bonds is 7. The van der Waals surface area contributed by atoms with Crippen LogP contribution in [0.5, 0.6) is 0 Å². The standard InChI is InChI=1S/C14H15Cl2N3O3/c15-10-5-4-9(8-11(10)16)2-1-3-13(20)17-7-6-12-18-14(21)22-19-12/h4-5,8H,1-3,6-7H2,(H,17,20)(H,18,19,21). The molecule has 0 unspecified atom stereocenters. The van der Waals surface area contributed by atoms with Crippen LogP contribution in [0.3, 0.4) is 0 Å². The molecule has 0 bridgehead atoms. The topological polar surface area (TPSA) is 88.0 Å². The van der Waals surface area contributed by atoms with Gasteiger partial charge in [-0.1, -0.05) is 34.4 Å². The molecule has 0 atom stereocenters. The van der Waals surface area contributed by atoms with Crippen molar-refractivity contribution in [2.45, 2.75) is 25.7 Å². The molecule has 0 fully saturated rings. The van der Waals surface area contributed by atoms with Gasteiger partial charge in [0.2, 0.25) is 5.91 Å². The summed E-state index contributed by atoms with van der Waals surface area (Å²) < 4.78 is 4.36. The van der Waals surface area contributed by atoms with Gasteiger partial charge < -0.3 is 5.32 Å². The van der Waals surface area contributed by atoms with Gasteiger partial charge in [0.05, 0.1) is 10.0 Å². The van der Waals surface area contributed by atoms with E-state index >= 15 is 0 Å². The number of hydrogen-bond acceptors (Lipinski definition) is 4. The van der Waals surface area contributed by atoms with Gasteiger partial charge in [0.15, 0.2) is 5.82 Å². The van der Waals surface area contributed by atoms with E-state index in [1.165, 1.54) is 0 Å². The van der Waals surface area contributed by atoms with Crippen LogP contribution in [-0.2, 0) is 17.6 Å². The van der Waals surface area contributed by atoms with E-state index in [2.05, 4.69) is 20.0 Å². The van der Waals surface area contributed by atoms with Crippen LogP contribution in [0.25, 0.3) is 0 Å². The van der Waals surface area contributed by atoms with Gasteiger partial charge in [-0.25, -0.2) is 4.79 Å². The molecule has 0 aliphatic rings. The molecule has 1 amide bonds. The van der Waals surface area contributed by atoms with E-state index in [1.807, 2.05) is 12.1 Å². The van der Waals surface area contributed by atoms with Crippen molar-refractivity contribution < 1.29 is 9.32 Å². The first-order valence-corrected chi connectivity index (χ1v) is 7.55. The first-order chi connectivity index (χ1) is 10.5. The van der Waals surface area contributed by atoms with Crippen molar-refractivity contribution in [3.63, 3.8) is 0 Å². The van der Waals surface area contributed by atoms with E-state index < -0.39 is 5.76 Å². The molecule has 0 radical (unpaired) electrons. The third-order valence-corrected chi connectivity index (χ3v) is 3.76. The summed E-state index contributed by atoms with van der Waals surface area (Å²) in [5.74, 6) is -0.227. The lowest BCUT2D eigenvalue weighted by Crippen LogP contribution is -2.25. The van der Waals surface area contributed by atoms with Crippen LogP contribution in [0.4, 0.5) is 0 Å². The first-order valence-electron chi connectivity index (χ1n) is 6.80. The normalized spacial score (nSPS) is 10.6. The fourth-order valence-corrected chi connectivity index (χ4v) is 2.25. The Labute approximate surface area is 136 Å². The Kier molecular flexibility index (Phi) is 6.03. The fraction of sp³-hybridized carbons (Fsp3) is 0.357. The molecule has 0 aliphatic carbocycles. The summed E-state index contributed by atoms with van der Waals surface area (Å²) >= 11 is 11.8. The molecule has 1 heterocycles. The highest BCUT2D eigenvalue weighted by Gasteiger charge is 2.05. The summed E-state index contributed by atoms with van der Waals surface area (Å²) in [7, 11) is 0. The SMILES string of the molecule is O=C(CCCc1ccc(Cl)c(Cl)c1)NCCc1noc(=O)[nH]1. The third-order valence-electron chi connectivity index (χ3n) is 3.02. The minimum Gasteiger partial charge on any atom is -0.356 e. The fourth-order valence-electron chi connectivity index (χ4n) is 1.93. The van der Waals surface area contributed by atoms with E-state index in [-0.39, 0.29) is 5.91 Å². The Morgan fingerprint density at radius 2 is 2.09 bits per heavy atom. The Balaban J connectivity index is 1.65. The van der Waals surface area contributed by atoms with Crippen molar-refractivity contribution >= 4 is 29.1 Å². The highest BCUT2D eigenvalue weighted by Crippen LogP contribution is 2.23. The van der Waals surface area contributed by atoms with Crippen molar-refractivity contribution in [2.75, 3.05) is 6.54 Å². The second kappa shape index (κ2) is 8.00. The molecule has 22 heavy (non-hydrogen) atoms. The molecule has 0 saturated carbocycles. The van der Waals surface area contributed by atoms with E-state index in [0.717, 1.165) is 12.0 Å². The largest absolute Gasteiger partial charge is 0.438 e. The smallest absolute Gasteiger partial charge is 0.356 e. The number of carbonyl (C=O) groups is 1. The zero-order valence-electron chi connectivity index (χ0n) is 11.7. The third kappa shape index (κ3) is 5.20. The monoisotopic (exact) mass is 343 g/mol. The number of nitrogens with one attached hydrogen (secondary N) is 2. The summed E-state index contributed by atoms with van der Waals surface area (Å²) in [6, 6.07) is 5.45. The average Bonchev–Trinajstić information content (AvgIpc) is 2.88. The number of amides is 1. The molecule has 0 aliphatic heterocycles. The van der Waals surface area contributed by atoms with Crippen LogP contribution in [-0.4, -0.2) is 22.6 Å². The molecule has 2 aromatic rings. The lowest BCUT2D eigenvalue weighted by molar-refractivity contribution is -0.121. The first kappa shape index (κ1) is 16.6. The molecule has 6 nitrogen and oxygen atoms in total. The van der Waals surface area contributed by atoms with Crippen molar-refractivity contribution in [3.05, 3.63) is 50.2 Å². The highest BCUT2D eigenvalue weighted by atomic mass is 35.5. The molecule has 0 saturated heterocycles. The van der Waals surface area contributed by atoms with Crippen LogP contribution >= 0.6 is 23.2 Å².